The normalized spacial score (nSPS) is 10.6. The van der Waals surface area contributed by atoms with Gasteiger partial charge in [-0.2, -0.15) is 0 Å². The summed E-state index contributed by atoms with van der Waals surface area (Å²) in [6, 6.07) is 7.65. The van der Waals surface area contributed by atoms with E-state index in [0.717, 1.165) is 16.3 Å². The summed E-state index contributed by atoms with van der Waals surface area (Å²) in [6.07, 6.45) is 1.97. The number of amides is 1. The SMILES string of the molecule is CCOC(=O)c1c(C)c(C(=O)Nc2ccccc2SC)c(C)n1CC. The summed E-state index contributed by atoms with van der Waals surface area (Å²) >= 11 is 1.57. The number of carbonyl (C=O) groups is 2. The molecule has 2 rings (SSSR count). The molecule has 25 heavy (non-hydrogen) atoms. The van der Waals surface area contributed by atoms with Crippen LogP contribution < -0.4 is 5.32 Å². The molecule has 1 aromatic heterocycles. The fourth-order valence-corrected chi connectivity index (χ4v) is 3.57. The van der Waals surface area contributed by atoms with Crippen LogP contribution in [0, 0.1) is 13.8 Å². The highest BCUT2D eigenvalue weighted by atomic mass is 32.2. The van der Waals surface area contributed by atoms with Crippen molar-refractivity contribution in [3.63, 3.8) is 0 Å². The number of esters is 1. The molecule has 5 nitrogen and oxygen atoms in total. The molecule has 0 spiro atoms. The number of thioether (sulfide) groups is 1. The number of ether oxygens (including phenoxy) is 1. The molecule has 0 saturated heterocycles. The third kappa shape index (κ3) is 3.74. The van der Waals surface area contributed by atoms with Crippen LogP contribution in [-0.2, 0) is 11.3 Å². The van der Waals surface area contributed by atoms with Gasteiger partial charge in [0.2, 0.25) is 0 Å². The third-order valence-electron chi connectivity index (χ3n) is 4.13. The molecule has 0 aliphatic carbocycles. The summed E-state index contributed by atoms with van der Waals surface area (Å²) in [5, 5.41) is 2.97. The van der Waals surface area contributed by atoms with Crippen LogP contribution in [0.5, 0.6) is 0 Å². The van der Waals surface area contributed by atoms with Crippen molar-refractivity contribution >= 4 is 29.3 Å². The van der Waals surface area contributed by atoms with Crippen LogP contribution in [-0.4, -0.2) is 29.3 Å². The van der Waals surface area contributed by atoms with Crippen LogP contribution >= 0.6 is 11.8 Å². The maximum absolute atomic E-state index is 12.9. The summed E-state index contributed by atoms with van der Waals surface area (Å²) in [7, 11) is 0. The second-order valence-corrected chi connectivity index (χ2v) is 6.40. The minimum atomic E-state index is -0.395. The Labute approximate surface area is 152 Å². The van der Waals surface area contributed by atoms with Crippen LogP contribution in [0.25, 0.3) is 0 Å². The highest BCUT2D eigenvalue weighted by molar-refractivity contribution is 7.98. The van der Waals surface area contributed by atoms with Gasteiger partial charge in [0.15, 0.2) is 0 Å². The average molecular weight is 360 g/mol. The van der Waals surface area contributed by atoms with E-state index in [0.29, 0.717) is 30.0 Å². The number of benzene rings is 1. The summed E-state index contributed by atoms with van der Waals surface area (Å²) in [4.78, 5) is 26.2. The fraction of sp³-hybridized carbons (Fsp3) is 0.368. The van der Waals surface area contributed by atoms with Crippen molar-refractivity contribution in [3.8, 4) is 0 Å². The minimum Gasteiger partial charge on any atom is -0.461 e. The molecule has 1 aromatic carbocycles. The van der Waals surface area contributed by atoms with E-state index in [1.165, 1.54) is 0 Å². The zero-order valence-electron chi connectivity index (χ0n) is 15.3. The monoisotopic (exact) mass is 360 g/mol. The summed E-state index contributed by atoms with van der Waals surface area (Å²) in [5.41, 5.74) is 3.16. The van der Waals surface area contributed by atoms with Gasteiger partial charge in [-0.3, -0.25) is 4.79 Å². The van der Waals surface area contributed by atoms with Gasteiger partial charge in [0, 0.05) is 17.1 Å². The Kier molecular flexibility index (Phi) is 6.31. The minimum absolute atomic E-state index is 0.214. The first-order chi connectivity index (χ1) is 12.0. The number of hydrogen-bond donors (Lipinski definition) is 1. The number of aromatic nitrogens is 1. The van der Waals surface area contributed by atoms with Gasteiger partial charge in [0.1, 0.15) is 5.69 Å². The molecule has 2 aromatic rings. The van der Waals surface area contributed by atoms with Crippen molar-refractivity contribution < 1.29 is 14.3 Å². The second kappa shape index (κ2) is 8.25. The van der Waals surface area contributed by atoms with Crippen molar-refractivity contribution in [2.24, 2.45) is 0 Å². The lowest BCUT2D eigenvalue weighted by Crippen LogP contribution is -2.14. The Hall–Kier alpha value is -2.21. The predicted molar refractivity (Wildman–Crippen MR) is 102 cm³/mol. The molecule has 0 radical (unpaired) electrons. The highest BCUT2D eigenvalue weighted by Crippen LogP contribution is 2.28. The Morgan fingerprint density at radius 1 is 1.20 bits per heavy atom. The van der Waals surface area contributed by atoms with Crippen LogP contribution in [0.1, 0.15) is 46.0 Å². The van der Waals surface area contributed by atoms with Crippen molar-refractivity contribution in [2.75, 3.05) is 18.2 Å². The van der Waals surface area contributed by atoms with Crippen molar-refractivity contribution in [1.82, 2.24) is 4.57 Å². The van der Waals surface area contributed by atoms with Crippen molar-refractivity contribution in [2.45, 2.75) is 39.1 Å². The van der Waals surface area contributed by atoms with Gasteiger partial charge in [0.05, 0.1) is 17.9 Å². The molecule has 1 N–H and O–H groups in total. The molecule has 1 heterocycles. The zero-order valence-corrected chi connectivity index (χ0v) is 16.1. The molecule has 0 aliphatic heterocycles. The number of hydrogen-bond acceptors (Lipinski definition) is 4. The van der Waals surface area contributed by atoms with Crippen LogP contribution in [0.4, 0.5) is 5.69 Å². The lowest BCUT2D eigenvalue weighted by molar-refractivity contribution is 0.0512. The summed E-state index contributed by atoms with van der Waals surface area (Å²) in [6.45, 7) is 8.26. The smallest absolute Gasteiger partial charge is 0.355 e. The van der Waals surface area contributed by atoms with Gasteiger partial charge in [-0.25, -0.2) is 4.79 Å². The molecule has 0 fully saturated rings. The number of rotatable bonds is 6. The van der Waals surface area contributed by atoms with Gasteiger partial charge >= 0.3 is 5.97 Å². The van der Waals surface area contributed by atoms with E-state index in [9.17, 15) is 9.59 Å². The first-order valence-corrected chi connectivity index (χ1v) is 9.49. The van der Waals surface area contributed by atoms with Crippen LogP contribution in [0.2, 0.25) is 0 Å². The molecule has 0 unspecified atom stereocenters. The Morgan fingerprint density at radius 2 is 1.88 bits per heavy atom. The molecular weight excluding hydrogens is 336 g/mol. The summed E-state index contributed by atoms with van der Waals surface area (Å²) < 4.78 is 7.00. The maximum atomic E-state index is 12.9. The van der Waals surface area contributed by atoms with Gasteiger partial charge < -0.3 is 14.6 Å². The average Bonchev–Trinajstić information content (AvgIpc) is 2.85. The molecule has 0 aliphatic rings. The van der Waals surface area contributed by atoms with Gasteiger partial charge in [-0.05, 0) is 51.6 Å². The van der Waals surface area contributed by atoms with Gasteiger partial charge in [0.25, 0.3) is 5.91 Å². The van der Waals surface area contributed by atoms with E-state index in [-0.39, 0.29) is 5.91 Å². The van der Waals surface area contributed by atoms with E-state index in [4.69, 9.17) is 4.74 Å². The molecule has 6 heteroatoms. The van der Waals surface area contributed by atoms with Crippen LogP contribution in [0.15, 0.2) is 29.2 Å². The molecule has 1 amide bonds. The lowest BCUT2D eigenvalue weighted by atomic mass is 10.1. The van der Waals surface area contributed by atoms with E-state index >= 15 is 0 Å². The van der Waals surface area contributed by atoms with E-state index in [2.05, 4.69) is 5.32 Å². The van der Waals surface area contributed by atoms with Crippen molar-refractivity contribution in [3.05, 3.63) is 46.8 Å². The lowest BCUT2D eigenvalue weighted by Gasteiger charge is -2.10. The number of nitrogens with zero attached hydrogens (tertiary/aromatic N) is 1. The standard InChI is InChI=1S/C19H24N2O3S/c1-6-21-13(4)16(12(3)17(21)19(23)24-7-2)18(22)20-14-10-8-9-11-15(14)25-5/h8-11H,6-7H2,1-5H3,(H,20,22). The molecule has 0 saturated carbocycles. The maximum Gasteiger partial charge on any atom is 0.355 e. The predicted octanol–water partition coefficient (Wildman–Crippen LogP) is 4.28. The first-order valence-electron chi connectivity index (χ1n) is 8.27. The third-order valence-corrected chi connectivity index (χ3v) is 4.93. The van der Waals surface area contributed by atoms with Crippen molar-refractivity contribution in [1.29, 1.82) is 0 Å². The quantitative estimate of drug-likeness (QED) is 0.617. The Bertz CT molecular complexity index is 796. The molecule has 0 bridgehead atoms. The number of anilines is 1. The first kappa shape index (κ1) is 19.1. The number of para-hydroxylation sites is 1. The van der Waals surface area contributed by atoms with Gasteiger partial charge in [-0.1, -0.05) is 12.1 Å². The largest absolute Gasteiger partial charge is 0.461 e. The van der Waals surface area contributed by atoms with E-state index in [1.807, 2.05) is 48.9 Å². The molecule has 0 atom stereocenters. The topological polar surface area (TPSA) is 60.3 Å². The zero-order chi connectivity index (χ0) is 18.6. The Morgan fingerprint density at radius 3 is 2.48 bits per heavy atom. The Balaban J connectivity index is 2.45. The van der Waals surface area contributed by atoms with E-state index < -0.39 is 5.97 Å². The van der Waals surface area contributed by atoms with E-state index in [1.54, 1.807) is 25.6 Å². The number of nitrogens with one attached hydrogen (secondary N) is 1. The number of carbonyl (C=O) groups excluding carboxylic acids is 2. The summed E-state index contributed by atoms with van der Waals surface area (Å²) in [5.74, 6) is -0.609. The van der Waals surface area contributed by atoms with Crippen LogP contribution in [0.3, 0.4) is 0 Å². The molecular formula is C19H24N2O3S. The van der Waals surface area contributed by atoms with Gasteiger partial charge in [-0.15, -0.1) is 11.8 Å². The fourth-order valence-electron chi connectivity index (χ4n) is 3.02. The molecule has 134 valence electrons. The highest BCUT2D eigenvalue weighted by Gasteiger charge is 2.26. The second-order valence-electron chi connectivity index (χ2n) is 5.55.